The SMILES string of the molecule is CN1CCN(C(=O)C2=NN(c3ccccc3)C(=O)CC2)CC1. The van der Waals surface area contributed by atoms with Crippen LogP contribution in [0.3, 0.4) is 0 Å². The van der Waals surface area contributed by atoms with E-state index in [1.165, 1.54) is 5.01 Å². The Labute approximate surface area is 130 Å². The van der Waals surface area contributed by atoms with Crippen molar-refractivity contribution in [1.29, 1.82) is 0 Å². The lowest BCUT2D eigenvalue weighted by molar-refractivity contribution is -0.125. The molecule has 0 radical (unpaired) electrons. The van der Waals surface area contributed by atoms with Gasteiger partial charge in [-0.3, -0.25) is 9.59 Å². The molecule has 6 nitrogen and oxygen atoms in total. The Morgan fingerprint density at radius 3 is 2.41 bits per heavy atom. The van der Waals surface area contributed by atoms with Crippen LogP contribution in [0.1, 0.15) is 12.8 Å². The molecule has 0 spiro atoms. The highest BCUT2D eigenvalue weighted by Crippen LogP contribution is 2.20. The number of anilines is 1. The van der Waals surface area contributed by atoms with Crippen molar-refractivity contribution in [2.24, 2.45) is 5.10 Å². The van der Waals surface area contributed by atoms with Crippen molar-refractivity contribution in [2.75, 3.05) is 38.2 Å². The monoisotopic (exact) mass is 300 g/mol. The summed E-state index contributed by atoms with van der Waals surface area (Å²) in [5.74, 6) is -0.109. The first kappa shape index (κ1) is 14.7. The van der Waals surface area contributed by atoms with Gasteiger partial charge in [0, 0.05) is 39.0 Å². The Kier molecular flexibility index (Phi) is 4.20. The van der Waals surface area contributed by atoms with Gasteiger partial charge in [-0.15, -0.1) is 0 Å². The van der Waals surface area contributed by atoms with Crippen molar-refractivity contribution in [3.63, 3.8) is 0 Å². The zero-order chi connectivity index (χ0) is 15.5. The molecule has 3 rings (SSSR count). The van der Waals surface area contributed by atoms with Gasteiger partial charge in [0.2, 0.25) is 5.91 Å². The highest BCUT2D eigenvalue weighted by atomic mass is 16.2. The predicted molar refractivity (Wildman–Crippen MR) is 84.7 cm³/mol. The Hall–Kier alpha value is -2.21. The predicted octanol–water partition coefficient (Wildman–Crippen LogP) is 0.943. The summed E-state index contributed by atoms with van der Waals surface area (Å²) in [5, 5.41) is 5.68. The van der Waals surface area contributed by atoms with E-state index in [1.807, 2.05) is 35.2 Å². The zero-order valence-corrected chi connectivity index (χ0v) is 12.7. The van der Waals surface area contributed by atoms with Crippen LogP contribution in [0, 0.1) is 0 Å². The van der Waals surface area contributed by atoms with E-state index < -0.39 is 0 Å². The molecule has 0 atom stereocenters. The summed E-state index contributed by atoms with van der Waals surface area (Å²) in [6.45, 7) is 3.18. The van der Waals surface area contributed by atoms with Gasteiger partial charge in [0.15, 0.2) is 0 Å². The van der Waals surface area contributed by atoms with Crippen molar-refractivity contribution in [1.82, 2.24) is 9.80 Å². The number of amides is 2. The maximum Gasteiger partial charge on any atom is 0.270 e. The second kappa shape index (κ2) is 6.27. The van der Waals surface area contributed by atoms with Crippen molar-refractivity contribution < 1.29 is 9.59 Å². The van der Waals surface area contributed by atoms with E-state index in [-0.39, 0.29) is 11.8 Å². The third kappa shape index (κ3) is 3.01. The van der Waals surface area contributed by atoms with Crippen LogP contribution in [-0.4, -0.2) is 60.6 Å². The minimum Gasteiger partial charge on any atom is -0.335 e. The first-order valence-electron chi connectivity index (χ1n) is 7.58. The molecule has 1 aromatic carbocycles. The minimum atomic E-state index is -0.0684. The average molecular weight is 300 g/mol. The first-order valence-corrected chi connectivity index (χ1v) is 7.58. The number of hydrazone groups is 1. The molecule has 0 saturated carbocycles. The van der Waals surface area contributed by atoms with Crippen LogP contribution >= 0.6 is 0 Å². The number of carbonyl (C=O) groups excluding carboxylic acids is 2. The van der Waals surface area contributed by atoms with E-state index in [1.54, 1.807) is 0 Å². The van der Waals surface area contributed by atoms with Crippen molar-refractivity contribution in [3.05, 3.63) is 30.3 Å². The zero-order valence-electron chi connectivity index (χ0n) is 12.7. The molecule has 1 saturated heterocycles. The van der Waals surface area contributed by atoms with Crippen molar-refractivity contribution in [2.45, 2.75) is 12.8 Å². The van der Waals surface area contributed by atoms with E-state index in [2.05, 4.69) is 17.0 Å². The fourth-order valence-corrected chi connectivity index (χ4v) is 2.67. The molecule has 0 aromatic heterocycles. The normalized spacial score (nSPS) is 20.0. The number of hydrogen-bond acceptors (Lipinski definition) is 4. The molecule has 2 amide bonds. The third-order valence-electron chi connectivity index (χ3n) is 4.07. The third-order valence-corrected chi connectivity index (χ3v) is 4.07. The molecule has 2 heterocycles. The summed E-state index contributed by atoms with van der Waals surface area (Å²) in [7, 11) is 2.05. The highest BCUT2D eigenvalue weighted by molar-refractivity contribution is 6.40. The number of rotatable bonds is 2. The molecule has 2 aliphatic heterocycles. The molecule has 0 aliphatic carbocycles. The van der Waals surface area contributed by atoms with Crippen LogP contribution in [-0.2, 0) is 9.59 Å². The summed E-state index contributed by atoms with van der Waals surface area (Å²) in [6.07, 6.45) is 0.751. The number of piperazine rings is 1. The van der Waals surface area contributed by atoms with Crippen LogP contribution in [0.15, 0.2) is 35.4 Å². The fourth-order valence-electron chi connectivity index (χ4n) is 2.67. The number of carbonyl (C=O) groups is 2. The highest BCUT2D eigenvalue weighted by Gasteiger charge is 2.29. The summed E-state index contributed by atoms with van der Waals surface area (Å²) in [4.78, 5) is 28.7. The second-order valence-electron chi connectivity index (χ2n) is 5.68. The molecule has 0 unspecified atom stereocenters. The first-order chi connectivity index (χ1) is 10.6. The lowest BCUT2D eigenvalue weighted by Crippen LogP contribution is -2.50. The number of para-hydroxylation sites is 1. The maximum atomic E-state index is 12.6. The molecule has 6 heteroatoms. The summed E-state index contributed by atoms with van der Waals surface area (Å²) < 4.78 is 0. The molecule has 0 N–H and O–H groups in total. The molecular formula is C16H20N4O2. The standard InChI is InChI=1S/C16H20N4O2/c1-18-9-11-19(12-10-18)16(22)14-7-8-15(21)20(17-14)13-5-3-2-4-6-13/h2-6H,7-12H2,1H3. The summed E-state index contributed by atoms with van der Waals surface area (Å²) in [5.41, 5.74) is 1.18. The largest absolute Gasteiger partial charge is 0.335 e. The molecule has 1 aromatic rings. The Morgan fingerprint density at radius 2 is 1.73 bits per heavy atom. The molecular weight excluding hydrogens is 280 g/mol. The van der Waals surface area contributed by atoms with Gasteiger partial charge >= 0.3 is 0 Å². The van der Waals surface area contributed by atoms with Gasteiger partial charge in [-0.2, -0.15) is 5.10 Å². The van der Waals surface area contributed by atoms with Gasteiger partial charge in [0.1, 0.15) is 5.71 Å². The molecule has 22 heavy (non-hydrogen) atoms. The van der Waals surface area contributed by atoms with Gasteiger partial charge < -0.3 is 9.80 Å². The quantitative estimate of drug-likeness (QED) is 0.817. The lowest BCUT2D eigenvalue weighted by atomic mass is 10.1. The number of nitrogens with zero attached hydrogens (tertiary/aromatic N) is 4. The smallest absolute Gasteiger partial charge is 0.270 e. The fraction of sp³-hybridized carbons (Fsp3) is 0.438. The maximum absolute atomic E-state index is 12.6. The second-order valence-corrected chi connectivity index (χ2v) is 5.68. The number of hydrogen-bond donors (Lipinski definition) is 0. The van der Waals surface area contributed by atoms with Gasteiger partial charge in [-0.1, -0.05) is 18.2 Å². The Morgan fingerprint density at radius 1 is 1.05 bits per heavy atom. The Bertz CT molecular complexity index is 591. The number of likely N-dealkylation sites (N-methyl/N-ethyl adjacent to an activating group) is 1. The lowest BCUT2D eigenvalue weighted by Gasteiger charge is -2.33. The van der Waals surface area contributed by atoms with Gasteiger partial charge in [0.05, 0.1) is 5.69 Å². The molecule has 1 fully saturated rings. The van der Waals surface area contributed by atoms with Gasteiger partial charge in [-0.05, 0) is 19.2 Å². The van der Waals surface area contributed by atoms with Crippen LogP contribution in [0.4, 0.5) is 5.69 Å². The van der Waals surface area contributed by atoms with E-state index in [0.29, 0.717) is 37.3 Å². The molecule has 116 valence electrons. The van der Waals surface area contributed by atoms with Crippen LogP contribution in [0.25, 0.3) is 0 Å². The Balaban J connectivity index is 1.78. The van der Waals surface area contributed by atoms with Crippen LogP contribution in [0.5, 0.6) is 0 Å². The number of benzene rings is 1. The topological polar surface area (TPSA) is 56.2 Å². The molecule has 0 bridgehead atoms. The minimum absolute atomic E-state index is 0.0402. The molecule has 2 aliphatic rings. The summed E-state index contributed by atoms with van der Waals surface area (Å²) in [6, 6.07) is 9.25. The van der Waals surface area contributed by atoms with Crippen LogP contribution < -0.4 is 5.01 Å². The van der Waals surface area contributed by atoms with Crippen molar-refractivity contribution >= 4 is 23.2 Å². The van der Waals surface area contributed by atoms with E-state index in [4.69, 9.17) is 0 Å². The van der Waals surface area contributed by atoms with E-state index in [0.717, 1.165) is 13.1 Å². The van der Waals surface area contributed by atoms with Crippen LogP contribution in [0.2, 0.25) is 0 Å². The van der Waals surface area contributed by atoms with E-state index in [9.17, 15) is 9.59 Å². The van der Waals surface area contributed by atoms with Crippen molar-refractivity contribution in [3.8, 4) is 0 Å². The average Bonchev–Trinajstić information content (AvgIpc) is 2.56. The summed E-state index contributed by atoms with van der Waals surface area (Å²) >= 11 is 0. The van der Waals surface area contributed by atoms with Gasteiger partial charge in [-0.25, -0.2) is 5.01 Å². The van der Waals surface area contributed by atoms with Gasteiger partial charge in [0.25, 0.3) is 5.91 Å². The van der Waals surface area contributed by atoms with E-state index >= 15 is 0 Å².